The van der Waals surface area contributed by atoms with E-state index in [2.05, 4.69) is 12.2 Å². The first-order valence-electron chi connectivity index (χ1n) is 6.60. The van der Waals surface area contributed by atoms with Crippen molar-refractivity contribution in [3.05, 3.63) is 29.8 Å². The third-order valence-corrected chi connectivity index (χ3v) is 2.86. The second-order valence-corrected chi connectivity index (χ2v) is 4.64. The van der Waals surface area contributed by atoms with Crippen LogP contribution >= 0.6 is 0 Å². The minimum atomic E-state index is 0.108. The zero-order chi connectivity index (χ0) is 13.4. The van der Waals surface area contributed by atoms with E-state index in [1.807, 2.05) is 38.1 Å². The number of nitrogens with one attached hydrogen (secondary N) is 1. The van der Waals surface area contributed by atoms with Crippen LogP contribution in [0.5, 0.6) is 5.75 Å². The Kier molecular flexibility index (Phi) is 6.26. The average molecular weight is 249 g/mol. The van der Waals surface area contributed by atoms with Crippen molar-refractivity contribution in [2.75, 3.05) is 6.61 Å². The van der Waals surface area contributed by atoms with Crippen molar-refractivity contribution in [3.63, 3.8) is 0 Å². The lowest BCUT2D eigenvalue weighted by atomic mass is 10.2. The van der Waals surface area contributed by atoms with Gasteiger partial charge in [-0.1, -0.05) is 24.6 Å². The molecule has 18 heavy (non-hydrogen) atoms. The maximum absolute atomic E-state index is 11.5. The zero-order valence-electron chi connectivity index (χ0n) is 11.5. The molecule has 1 rings (SSSR count). The van der Waals surface area contributed by atoms with Gasteiger partial charge < -0.3 is 10.1 Å². The standard InChI is InChI=1S/C15H23NO2/c1-4-13(3)16-15(17)6-5-11-18-14-9-7-12(2)8-10-14/h7-10,13H,4-6,11H2,1-3H3,(H,16,17)/t13-/m1/s1. The third-order valence-electron chi connectivity index (χ3n) is 2.86. The number of ether oxygens (including phenoxy) is 1. The molecular weight excluding hydrogens is 226 g/mol. The molecule has 0 unspecified atom stereocenters. The molecule has 0 bridgehead atoms. The molecule has 1 amide bonds. The third kappa shape index (κ3) is 5.71. The highest BCUT2D eigenvalue weighted by Gasteiger charge is 2.04. The first-order valence-corrected chi connectivity index (χ1v) is 6.60. The Labute approximate surface area is 110 Å². The summed E-state index contributed by atoms with van der Waals surface area (Å²) in [6.07, 6.45) is 2.23. The number of carbonyl (C=O) groups is 1. The highest BCUT2D eigenvalue weighted by Crippen LogP contribution is 2.11. The summed E-state index contributed by atoms with van der Waals surface area (Å²) in [5.74, 6) is 0.972. The molecule has 1 aromatic carbocycles. The van der Waals surface area contributed by atoms with E-state index < -0.39 is 0 Å². The first kappa shape index (κ1) is 14.6. The Morgan fingerprint density at radius 3 is 2.61 bits per heavy atom. The Morgan fingerprint density at radius 1 is 1.33 bits per heavy atom. The summed E-state index contributed by atoms with van der Waals surface area (Å²) in [7, 11) is 0. The minimum absolute atomic E-state index is 0.108. The molecule has 0 spiro atoms. The summed E-state index contributed by atoms with van der Waals surface area (Å²) >= 11 is 0. The van der Waals surface area contributed by atoms with Crippen LogP contribution in [0.25, 0.3) is 0 Å². The summed E-state index contributed by atoms with van der Waals surface area (Å²) in [5, 5.41) is 2.94. The van der Waals surface area contributed by atoms with Crippen molar-refractivity contribution in [3.8, 4) is 5.75 Å². The van der Waals surface area contributed by atoms with Crippen LogP contribution in [0, 0.1) is 6.92 Å². The van der Waals surface area contributed by atoms with Crippen LogP contribution < -0.4 is 10.1 Å². The molecule has 1 N–H and O–H groups in total. The van der Waals surface area contributed by atoms with Crippen molar-refractivity contribution in [1.29, 1.82) is 0 Å². The van der Waals surface area contributed by atoms with Crippen LogP contribution in [0.4, 0.5) is 0 Å². The minimum Gasteiger partial charge on any atom is -0.494 e. The number of aryl methyl sites for hydroxylation is 1. The lowest BCUT2D eigenvalue weighted by Crippen LogP contribution is -2.31. The normalized spacial score (nSPS) is 11.9. The first-order chi connectivity index (χ1) is 8.61. The summed E-state index contributed by atoms with van der Waals surface area (Å²) in [6.45, 7) is 6.70. The Hall–Kier alpha value is -1.51. The van der Waals surface area contributed by atoms with Gasteiger partial charge in [-0.3, -0.25) is 4.79 Å². The molecule has 0 saturated carbocycles. The highest BCUT2D eigenvalue weighted by atomic mass is 16.5. The molecule has 0 aromatic heterocycles. The predicted molar refractivity (Wildman–Crippen MR) is 73.8 cm³/mol. The molecule has 3 nitrogen and oxygen atoms in total. The van der Waals surface area contributed by atoms with Gasteiger partial charge in [0, 0.05) is 12.5 Å². The van der Waals surface area contributed by atoms with Gasteiger partial charge in [0.05, 0.1) is 6.61 Å². The maximum atomic E-state index is 11.5. The number of hydrogen-bond donors (Lipinski definition) is 1. The van der Waals surface area contributed by atoms with Crippen LogP contribution in [0.1, 0.15) is 38.7 Å². The summed E-state index contributed by atoms with van der Waals surface area (Å²) in [4.78, 5) is 11.5. The summed E-state index contributed by atoms with van der Waals surface area (Å²) < 4.78 is 5.56. The van der Waals surface area contributed by atoms with E-state index in [4.69, 9.17) is 4.74 Å². The van der Waals surface area contributed by atoms with Crippen LogP contribution in [-0.4, -0.2) is 18.6 Å². The molecular formula is C15H23NO2. The van der Waals surface area contributed by atoms with Gasteiger partial charge in [0.2, 0.25) is 5.91 Å². The van der Waals surface area contributed by atoms with Crippen LogP contribution in [0.15, 0.2) is 24.3 Å². The second-order valence-electron chi connectivity index (χ2n) is 4.64. The van der Waals surface area contributed by atoms with E-state index in [-0.39, 0.29) is 11.9 Å². The van der Waals surface area contributed by atoms with Crippen molar-refractivity contribution in [1.82, 2.24) is 5.32 Å². The number of amides is 1. The van der Waals surface area contributed by atoms with Gasteiger partial charge in [-0.05, 0) is 38.8 Å². The fourth-order valence-corrected chi connectivity index (χ4v) is 1.51. The highest BCUT2D eigenvalue weighted by molar-refractivity contribution is 5.76. The van der Waals surface area contributed by atoms with E-state index in [0.717, 1.165) is 18.6 Å². The van der Waals surface area contributed by atoms with Gasteiger partial charge in [-0.25, -0.2) is 0 Å². The van der Waals surface area contributed by atoms with Gasteiger partial charge in [-0.15, -0.1) is 0 Å². The molecule has 3 heteroatoms. The molecule has 0 aliphatic rings. The Morgan fingerprint density at radius 2 is 2.00 bits per heavy atom. The van der Waals surface area contributed by atoms with Gasteiger partial charge in [0.1, 0.15) is 5.75 Å². The van der Waals surface area contributed by atoms with E-state index in [1.54, 1.807) is 0 Å². The Bertz CT molecular complexity index is 359. The molecule has 0 fully saturated rings. The van der Waals surface area contributed by atoms with Gasteiger partial charge >= 0.3 is 0 Å². The van der Waals surface area contributed by atoms with E-state index in [9.17, 15) is 4.79 Å². The van der Waals surface area contributed by atoms with E-state index >= 15 is 0 Å². The molecule has 100 valence electrons. The van der Waals surface area contributed by atoms with Gasteiger partial charge in [0.25, 0.3) is 0 Å². The Balaban J connectivity index is 2.15. The molecule has 1 atom stereocenters. The molecule has 0 radical (unpaired) electrons. The fourth-order valence-electron chi connectivity index (χ4n) is 1.51. The second kappa shape index (κ2) is 7.75. The van der Waals surface area contributed by atoms with Crippen molar-refractivity contribution < 1.29 is 9.53 Å². The molecule has 1 aromatic rings. The monoisotopic (exact) mass is 249 g/mol. The van der Waals surface area contributed by atoms with Crippen molar-refractivity contribution in [2.45, 2.75) is 46.1 Å². The SMILES string of the molecule is CC[C@@H](C)NC(=O)CCCOc1ccc(C)cc1. The number of carbonyl (C=O) groups excluding carboxylic acids is 1. The molecule has 0 heterocycles. The van der Waals surface area contributed by atoms with E-state index in [1.165, 1.54) is 5.56 Å². The topological polar surface area (TPSA) is 38.3 Å². The largest absolute Gasteiger partial charge is 0.494 e. The lowest BCUT2D eigenvalue weighted by molar-refractivity contribution is -0.121. The average Bonchev–Trinajstić information content (AvgIpc) is 2.36. The fraction of sp³-hybridized carbons (Fsp3) is 0.533. The predicted octanol–water partition coefficient (Wildman–Crippen LogP) is 3.07. The smallest absolute Gasteiger partial charge is 0.220 e. The number of benzene rings is 1. The quantitative estimate of drug-likeness (QED) is 0.754. The molecule has 0 aliphatic heterocycles. The zero-order valence-corrected chi connectivity index (χ0v) is 11.5. The van der Waals surface area contributed by atoms with Crippen LogP contribution in [0.3, 0.4) is 0 Å². The van der Waals surface area contributed by atoms with Crippen molar-refractivity contribution in [2.24, 2.45) is 0 Å². The maximum Gasteiger partial charge on any atom is 0.220 e. The summed E-state index contributed by atoms with van der Waals surface area (Å²) in [5.41, 5.74) is 1.22. The van der Waals surface area contributed by atoms with Gasteiger partial charge in [0.15, 0.2) is 0 Å². The van der Waals surface area contributed by atoms with Crippen molar-refractivity contribution >= 4 is 5.91 Å². The molecule has 0 aliphatic carbocycles. The van der Waals surface area contributed by atoms with Crippen LogP contribution in [-0.2, 0) is 4.79 Å². The van der Waals surface area contributed by atoms with E-state index in [0.29, 0.717) is 13.0 Å². The number of hydrogen-bond acceptors (Lipinski definition) is 2. The summed E-state index contributed by atoms with van der Waals surface area (Å²) in [6, 6.07) is 8.20. The number of rotatable bonds is 7. The van der Waals surface area contributed by atoms with Crippen LogP contribution in [0.2, 0.25) is 0 Å². The van der Waals surface area contributed by atoms with Gasteiger partial charge in [-0.2, -0.15) is 0 Å². The lowest BCUT2D eigenvalue weighted by Gasteiger charge is -2.11. The molecule has 0 saturated heterocycles.